The molecule has 0 spiro atoms. The largest absolute Gasteiger partial charge is 0.482 e. The van der Waals surface area contributed by atoms with Crippen LogP contribution in [-0.4, -0.2) is 22.3 Å². The van der Waals surface area contributed by atoms with Crippen LogP contribution >= 0.6 is 34.8 Å². The Morgan fingerprint density at radius 2 is 1.88 bits per heavy atom. The Kier molecular flexibility index (Phi) is 6.10. The Morgan fingerprint density at radius 1 is 1.16 bits per heavy atom. The summed E-state index contributed by atoms with van der Waals surface area (Å²) in [4.78, 5) is 12.2. The standard InChI is InChI=1S/C17H18Cl3N3O2/c18-12-8-14(20)15(9-13(12)19)25-10-17(24)22-16-6-7-21-23(16)11-4-2-1-3-5-11/h6-9,11H,1-5,10H2,(H,22,24). The number of hydrogen-bond acceptors (Lipinski definition) is 3. The van der Waals surface area contributed by atoms with Gasteiger partial charge in [0.25, 0.3) is 5.91 Å². The van der Waals surface area contributed by atoms with Gasteiger partial charge in [0.1, 0.15) is 11.6 Å². The van der Waals surface area contributed by atoms with E-state index >= 15 is 0 Å². The van der Waals surface area contributed by atoms with Gasteiger partial charge in [0, 0.05) is 12.1 Å². The molecule has 0 unspecified atom stereocenters. The first kappa shape index (κ1) is 18.4. The first-order valence-electron chi connectivity index (χ1n) is 8.15. The third kappa shape index (κ3) is 4.60. The Morgan fingerprint density at radius 3 is 2.64 bits per heavy atom. The molecule has 1 aromatic heterocycles. The van der Waals surface area contributed by atoms with Gasteiger partial charge in [0.15, 0.2) is 6.61 Å². The van der Waals surface area contributed by atoms with Crippen LogP contribution in [0.1, 0.15) is 38.1 Å². The van der Waals surface area contributed by atoms with E-state index in [1.54, 1.807) is 12.3 Å². The average molecular weight is 403 g/mol. The van der Waals surface area contributed by atoms with Crippen molar-refractivity contribution < 1.29 is 9.53 Å². The highest BCUT2D eigenvalue weighted by molar-refractivity contribution is 6.43. The minimum atomic E-state index is -0.292. The number of rotatable bonds is 5. The van der Waals surface area contributed by atoms with Gasteiger partial charge in [0.2, 0.25) is 0 Å². The van der Waals surface area contributed by atoms with E-state index in [0.717, 1.165) is 12.8 Å². The van der Waals surface area contributed by atoms with Crippen LogP contribution in [0.25, 0.3) is 0 Å². The highest BCUT2D eigenvalue weighted by Crippen LogP contribution is 2.34. The molecule has 1 aliphatic carbocycles. The first-order chi connectivity index (χ1) is 12.0. The molecule has 2 aromatic rings. The van der Waals surface area contributed by atoms with Gasteiger partial charge in [0.05, 0.1) is 27.3 Å². The molecule has 0 aliphatic heterocycles. The summed E-state index contributed by atoms with van der Waals surface area (Å²) in [7, 11) is 0. The number of carbonyl (C=O) groups excluding carboxylic acids is 1. The maximum atomic E-state index is 12.2. The lowest BCUT2D eigenvalue weighted by molar-refractivity contribution is -0.118. The second-order valence-corrected chi connectivity index (χ2v) is 7.21. The second kappa shape index (κ2) is 8.30. The fourth-order valence-corrected chi connectivity index (χ4v) is 3.56. The van der Waals surface area contributed by atoms with Crippen molar-refractivity contribution in [3.8, 4) is 5.75 Å². The number of anilines is 1. The van der Waals surface area contributed by atoms with E-state index in [1.807, 2.05) is 4.68 Å². The van der Waals surface area contributed by atoms with E-state index < -0.39 is 0 Å². The van der Waals surface area contributed by atoms with Crippen molar-refractivity contribution in [3.63, 3.8) is 0 Å². The summed E-state index contributed by atoms with van der Waals surface area (Å²) in [6.45, 7) is -0.187. The van der Waals surface area contributed by atoms with Crippen LogP contribution in [0.4, 0.5) is 5.82 Å². The van der Waals surface area contributed by atoms with Crippen LogP contribution < -0.4 is 10.1 Å². The maximum Gasteiger partial charge on any atom is 0.263 e. The Hall–Kier alpha value is -1.43. The summed E-state index contributed by atoms with van der Waals surface area (Å²) in [6.07, 6.45) is 7.51. The van der Waals surface area contributed by atoms with Gasteiger partial charge in [-0.3, -0.25) is 4.79 Å². The van der Waals surface area contributed by atoms with Crippen molar-refractivity contribution in [2.45, 2.75) is 38.1 Å². The molecule has 0 radical (unpaired) electrons. The summed E-state index contributed by atoms with van der Waals surface area (Å²) < 4.78 is 7.34. The lowest BCUT2D eigenvalue weighted by Gasteiger charge is -2.23. The average Bonchev–Trinajstić information content (AvgIpc) is 3.06. The van der Waals surface area contributed by atoms with Crippen LogP contribution in [-0.2, 0) is 4.79 Å². The Bertz CT molecular complexity index is 758. The predicted molar refractivity (Wildman–Crippen MR) is 99.9 cm³/mol. The van der Waals surface area contributed by atoms with E-state index in [-0.39, 0.29) is 12.5 Å². The lowest BCUT2D eigenvalue weighted by Crippen LogP contribution is -2.24. The highest BCUT2D eigenvalue weighted by atomic mass is 35.5. The highest BCUT2D eigenvalue weighted by Gasteiger charge is 2.19. The van der Waals surface area contributed by atoms with Crippen molar-refractivity contribution in [2.24, 2.45) is 0 Å². The molecule has 1 fully saturated rings. The first-order valence-corrected chi connectivity index (χ1v) is 9.28. The van der Waals surface area contributed by atoms with Crippen LogP contribution in [0, 0.1) is 0 Å². The molecular weight excluding hydrogens is 385 g/mol. The third-order valence-corrected chi connectivity index (χ3v) is 5.21. The summed E-state index contributed by atoms with van der Waals surface area (Å²) in [5, 5.41) is 8.14. The number of ether oxygens (including phenoxy) is 1. The number of benzene rings is 1. The molecule has 0 atom stereocenters. The van der Waals surface area contributed by atoms with E-state index in [1.165, 1.54) is 31.4 Å². The summed E-state index contributed by atoms with van der Waals surface area (Å²) in [5.41, 5.74) is 0. The van der Waals surface area contributed by atoms with Crippen molar-refractivity contribution in [1.82, 2.24) is 9.78 Å². The normalized spacial score (nSPS) is 15.2. The predicted octanol–water partition coefficient (Wildman–Crippen LogP) is 5.37. The zero-order valence-electron chi connectivity index (χ0n) is 13.5. The SMILES string of the molecule is O=C(COc1cc(Cl)c(Cl)cc1Cl)Nc1ccnn1C1CCCCC1. The van der Waals surface area contributed by atoms with Gasteiger partial charge >= 0.3 is 0 Å². The molecule has 5 nitrogen and oxygen atoms in total. The molecule has 0 saturated heterocycles. The van der Waals surface area contributed by atoms with Gasteiger partial charge in [-0.1, -0.05) is 54.1 Å². The van der Waals surface area contributed by atoms with Crippen molar-refractivity contribution >= 4 is 46.5 Å². The van der Waals surface area contributed by atoms with Crippen molar-refractivity contribution in [2.75, 3.05) is 11.9 Å². The summed E-state index contributed by atoms with van der Waals surface area (Å²) in [5.74, 6) is 0.701. The molecule has 1 aromatic carbocycles. The molecule has 134 valence electrons. The number of nitrogens with one attached hydrogen (secondary N) is 1. The zero-order valence-corrected chi connectivity index (χ0v) is 15.7. The van der Waals surface area contributed by atoms with Gasteiger partial charge in [-0.2, -0.15) is 5.10 Å². The zero-order chi connectivity index (χ0) is 17.8. The molecule has 1 amide bonds. The molecule has 1 N–H and O–H groups in total. The van der Waals surface area contributed by atoms with Crippen LogP contribution in [0.5, 0.6) is 5.75 Å². The summed E-state index contributed by atoms with van der Waals surface area (Å²) >= 11 is 17.9. The molecule has 25 heavy (non-hydrogen) atoms. The number of carbonyl (C=O) groups is 1. The number of hydrogen-bond donors (Lipinski definition) is 1. The van der Waals surface area contributed by atoms with Gasteiger partial charge < -0.3 is 10.1 Å². The molecule has 8 heteroatoms. The summed E-state index contributed by atoms with van der Waals surface area (Å²) in [6, 6.07) is 5.10. The van der Waals surface area contributed by atoms with Crippen molar-refractivity contribution in [1.29, 1.82) is 0 Å². The lowest BCUT2D eigenvalue weighted by atomic mass is 9.96. The Labute approximate surface area is 161 Å². The van der Waals surface area contributed by atoms with Crippen LogP contribution in [0.2, 0.25) is 15.1 Å². The van der Waals surface area contributed by atoms with Crippen LogP contribution in [0.3, 0.4) is 0 Å². The fourth-order valence-electron chi connectivity index (χ4n) is 2.97. The van der Waals surface area contributed by atoms with Crippen LogP contribution in [0.15, 0.2) is 24.4 Å². The maximum absolute atomic E-state index is 12.2. The molecule has 1 heterocycles. The number of amides is 1. The third-order valence-electron chi connectivity index (χ3n) is 4.19. The molecular formula is C17H18Cl3N3O2. The second-order valence-electron chi connectivity index (χ2n) is 5.99. The number of nitrogens with zero attached hydrogens (tertiary/aromatic N) is 2. The van der Waals surface area contributed by atoms with Gasteiger partial charge in [-0.25, -0.2) is 4.68 Å². The van der Waals surface area contributed by atoms with E-state index in [4.69, 9.17) is 39.5 Å². The minimum absolute atomic E-state index is 0.187. The van der Waals surface area contributed by atoms with Gasteiger partial charge in [-0.15, -0.1) is 0 Å². The molecule has 1 aliphatic rings. The topological polar surface area (TPSA) is 56.1 Å². The Balaban J connectivity index is 1.60. The van der Waals surface area contributed by atoms with E-state index in [2.05, 4.69) is 10.4 Å². The molecule has 3 rings (SSSR count). The smallest absolute Gasteiger partial charge is 0.263 e. The molecule has 0 bridgehead atoms. The monoisotopic (exact) mass is 401 g/mol. The number of aromatic nitrogens is 2. The quantitative estimate of drug-likeness (QED) is 0.684. The fraction of sp³-hybridized carbons (Fsp3) is 0.412. The van der Waals surface area contributed by atoms with Crippen molar-refractivity contribution in [3.05, 3.63) is 39.5 Å². The van der Waals surface area contributed by atoms with E-state index in [0.29, 0.717) is 32.7 Å². The minimum Gasteiger partial charge on any atom is -0.482 e. The van der Waals surface area contributed by atoms with E-state index in [9.17, 15) is 4.79 Å². The number of halogens is 3. The molecule has 1 saturated carbocycles. The van der Waals surface area contributed by atoms with Gasteiger partial charge in [-0.05, 0) is 18.9 Å².